The lowest BCUT2D eigenvalue weighted by molar-refractivity contribution is -0.191. The summed E-state index contributed by atoms with van der Waals surface area (Å²) in [7, 11) is -5.11. The molecular weight excluding hydrogens is 186 g/mol. The molecule has 0 radical (unpaired) electrons. The Labute approximate surface area is 58.9 Å². The zero-order chi connectivity index (χ0) is 9.07. The Bertz CT molecular complexity index is 216. The van der Waals surface area contributed by atoms with Crippen molar-refractivity contribution in [1.29, 1.82) is 0 Å². The molecule has 0 amide bonds. The summed E-state index contributed by atoms with van der Waals surface area (Å²) in [5, 5.41) is 0. The zero-order valence-corrected chi connectivity index (χ0v) is 5.66. The van der Waals surface area contributed by atoms with Crippen LogP contribution in [0.4, 0.5) is 4.53 Å². The summed E-state index contributed by atoms with van der Waals surface area (Å²) in [6, 6.07) is 0. The van der Waals surface area contributed by atoms with Gasteiger partial charge in [0.1, 0.15) is 0 Å². The van der Waals surface area contributed by atoms with E-state index in [1.165, 1.54) is 0 Å². The van der Waals surface area contributed by atoms with Gasteiger partial charge in [-0.2, -0.15) is 0 Å². The average molecular weight is 188 g/mol. The van der Waals surface area contributed by atoms with Crippen LogP contribution in [0.5, 0.6) is 0 Å². The molecular formula is C2H2FO7P. The molecule has 0 heterocycles. The number of phosphoric acid groups is 1. The second-order valence-corrected chi connectivity index (χ2v) is 2.40. The van der Waals surface area contributed by atoms with Gasteiger partial charge >= 0.3 is 19.8 Å². The molecule has 0 aliphatic rings. The molecule has 0 atom stereocenters. The van der Waals surface area contributed by atoms with E-state index in [4.69, 9.17) is 9.79 Å². The van der Waals surface area contributed by atoms with Gasteiger partial charge in [0, 0.05) is 4.53 Å². The van der Waals surface area contributed by atoms with E-state index < -0.39 is 19.8 Å². The summed E-state index contributed by atoms with van der Waals surface area (Å²) >= 11 is 0. The normalized spacial score (nSPS) is 10.5. The van der Waals surface area contributed by atoms with Crippen molar-refractivity contribution in [3.63, 3.8) is 0 Å². The third kappa shape index (κ3) is 4.43. The summed E-state index contributed by atoms with van der Waals surface area (Å²) in [4.78, 5) is 37.8. The van der Waals surface area contributed by atoms with Crippen molar-refractivity contribution in [2.45, 2.75) is 0 Å². The molecule has 0 fully saturated rings. The van der Waals surface area contributed by atoms with Gasteiger partial charge in [0.2, 0.25) is 0 Å². The monoisotopic (exact) mass is 188 g/mol. The number of hydrogen-bond acceptors (Lipinski definition) is 5. The van der Waals surface area contributed by atoms with Crippen molar-refractivity contribution in [2.24, 2.45) is 0 Å². The molecule has 7 nitrogen and oxygen atoms in total. The van der Waals surface area contributed by atoms with Gasteiger partial charge in [0.25, 0.3) is 0 Å². The van der Waals surface area contributed by atoms with Gasteiger partial charge in [0.15, 0.2) is 0 Å². The van der Waals surface area contributed by atoms with Crippen LogP contribution in [0.15, 0.2) is 0 Å². The van der Waals surface area contributed by atoms with Gasteiger partial charge in [-0.15, -0.1) is 0 Å². The Morgan fingerprint density at radius 3 is 2.00 bits per heavy atom. The van der Waals surface area contributed by atoms with Crippen molar-refractivity contribution >= 4 is 19.8 Å². The van der Waals surface area contributed by atoms with E-state index in [2.05, 4.69) is 9.47 Å². The molecule has 0 aromatic rings. The number of hydrogen-bond donors (Lipinski definition) is 2. The molecule has 0 rings (SSSR count). The van der Waals surface area contributed by atoms with Gasteiger partial charge in [0.05, 0.1) is 0 Å². The molecule has 0 unspecified atom stereocenters. The number of rotatable bonds is 1. The standard InChI is InChI=1S/C2H2FO7P/c3-9-1(4)2(5)10-11(6,7)8/h(H2,6,7,8). The van der Waals surface area contributed by atoms with Gasteiger partial charge < -0.3 is 4.52 Å². The van der Waals surface area contributed by atoms with Crippen LogP contribution in [0.1, 0.15) is 0 Å². The van der Waals surface area contributed by atoms with Crippen molar-refractivity contribution in [1.82, 2.24) is 0 Å². The Kier molecular flexibility index (Phi) is 3.12. The minimum Gasteiger partial charge on any atom is -0.362 e. The van der Waals surface area contributed by atoms with Crippen molar-refractivity contribution in [3.05, 3.63) is 0 Å². The van der Waals surface area contributed by atoms with E-state index in [1.54, 1.807) is 0 Å². The maximum Gasteiger partial charge on any atom is 0.527 e. The minimum atomic E-state index is -5.11. The van der Waals surface area contributed by atoms with E-state index >= 15 is 0 Å². The maximum absolute atomic E-state index is 10.8. The second kappa shape index (κ2) is 3.42. The first-order valence-corrected chi connectivity index (χ1v) is 3.52. The highest BCUT2D eigenvalue weighted by Crippen LogP contribution is 2.35. The highest BCUT2D eigenvalue weighted by atomic mass is 31.2. The van der Waals surface area contributed by atoms with Gasteiger partial charge in [-0.25, -0.2) is 19.1 Å². The molecule has 9 heteroatoms. The highest BCUT2D eigenvalue weighted by Gasteiger charge is 2.28. The maximum atomic E-state index is 10.8. The number of halogens is 1. The van der Waals surface area contributed by atoms with E-state index in [1.807, 2.05) is 0 Å². The van der Waals surface area contributed by atoms with Crippen LogP contribution in [0, 0.1) is 0 Å². The fraction of sp³-hybridized carbons (Fsp3) is 0. The quantitative estimate of drug-likeness (QED) is 0.403. The summed E-state index contributed by atoms with van der Waals surface area (Å²) in [6.45, 7) is 0. The Hall–Kier alpha value is -0.980. The molecule has 0 aromatic heterocycles. The van der Waals surface area contributed by atoms with Crippen LogP contribution in [-0.2, 0) is 23.6 Å². The molecule has 64 valence electrons. The number of phosphoric ester groups is 1. The number of carbonyl (C=O) groups excluding carboxylic acids is 2. The molecule has 0 bridgehead atoms. The smallest absolute Gasteiger partial charge is 0.362 e. The van der Waals surface area contributed by atoms with Crippen LogP contribution in [0.3, 0.4) is 0 Å². The topological polar surface area (TPSA) is 110 Å². The summed E-state index contributed by atoms with van der Waals surface area (Å²) < 4.78 is 23.7. The van der Waals surface area contributed by atoms with Crippen molar-refractivity contribution in [2.75, 3.05) is 0 Å². The molecule has 0 aromatic carbocycles. The number of carbonyl (C=O) groups is 2. The van der Waals surface area contributed by atoms with Crippen LogP contribution in [0.2, 0.25) is 0 Å². The third-order valence-electron chi connectivity index (χ3n) is 0.439. The largest absolute Gasteiger partial charge is 0.527 e. The van der Waals surface area contributed by atoms with Gasteiger partial charge in [-0.1, -0.05) is 0 Å². The first-order chi connectivity index (χ1) is 4.87. The summed E-state index contributed by atoms with van der Waals surface area (Å²) in [5.74, 6) is -4.23. The summed E-state index contributed by atoms with van der Waals surface area (Å²) in [6.07, 6.45) is 0. The van der Waals surface area contributed by atoms with Gasteiger partial charge in [-0.3, -0.25) is 9.79 Å². The van der Waals surface area contributed by atoms with Crippen LogP contribution >= 0.6 is 7.82 Å². The Balaban J connectivity index is 4.10. The van der Waals surface area contributed by atoms with Crippen molar-refractivity contribution in [3.8, 4) is 0 Å². The minimum absolute atomic E-state index is 2.10. The second-order valence-electron chi connectivity index (χ2n) is 1.23. The molecule has 0 saturated carbocycles. The van der Waals surface area contributed by atoms with E-state index in [-0.39, 0.29) is 0 Å². The average Bonchev–Trinajstić information content (AvgIpc) is 1.82. The summed E-state index contributed by atoms with van der Waals surface area (Å²) in [5.41, 5.74) is 0. The van der Waals surface area contributed by atoms with E-state index in [0.29, 0.717) is 0 Å². The van der Waals surface area contributed by atoms with Crippen LogP contribution < -0.4 is 0 Å². The predicted octanol–water partition coefficient (Wildman–Crippen LogP) is -0.950. The Morgan fingerprint density at radius 1 is 1.27 bits per heavy atom. The lowest BCUT2D eigenvalue weighted by atomic mass is 10.7. The van der Waals surface area contributed by atoms with Crippen molar-refractivity contribution < 1.29 is 37.9 Å². The predicted molar refractivity (Wildman–Crippen MR) is 25.3 cm³/mol. The fourth-order valence-electron chi connectivity index (χ4n) is 0.177. The first kappa shape index (κ1) is 10.0. The zero-order valence-electron chi connectivity index (χ0n) is 4.76. The van der Waals surface area contributed by atoms with Crippen LogP contribution in [-0.4, -0.2) is 21.7 Å². The molecule has 0 aliphatic carbocycles. The van der Waals surface area contributed by atoms with E-state index in [0.717, 1.165) is 0 Å². The molecule has 0 saturated heterocycles. The lowest BCUT2D eigenvalue weighted by Crippen LogP contribution is -2.15. The molecule has 0 spiro atoms. The molecule has 11 heavy (non-hydrogen) atoms. The first-order valence-electron chi connectivity index (χ1n) is 1.99. The fourth-order valence-corrected chi connectivity index (χ4v) is 0.467. The third-order valence-corrected chi connectivity index (χ3v) is 0.842. The van der Waals surface area contributed by atoms with E-state index in [9.17, 15) is 18.7 Å². The lowest BCUT2D eigenvalue weighted by Gasteiger charge is -2.00. The molecule has 0 aliphatic heterocycles. The van der Waals surface area contributed by atoms with Gasteiger partial charge in [-0.05, 0) is 0 Å². The van der Waals surface area contributed by atoms with Crippen LogP contribution in [0.25, 0.3) is 0 Å². The Morgan fingerprint density at radius 2 is 1.73 bits per heavy atom. The highest BCUT2D eigenvalue weighted by molar-refractivity contribution is 7.47. The SMILES string of the molecule is O=C(OF)C(=O)OP(=O)(O)O. The molecule has 2 N–H and O–H groups in total.